The molecular formula is C18H27N5O2. The highest BCUT2D eigenvalue weighted by atomic mass is 16.2. The van der Waals surface area contributed by atoms with Gasteiger partial charge < -0.3 is 14.7 Å². The zero-order valence-electron chi connectivity index (χ0n) is 15.5. The van der Waals surface area contributed by atoms with Gasteiger partial charge in [0.1, 0.15) is 17.7 Å². The maximum atomic E-state index is 12.3. The molecule has 136 valence electrons. The number of amides is 2. The van der Waals surface area contributed by atoms with Gasteiger partial charge in [-0.25, -0.2) is 0 Å². The summed E-state index contributed by atoms with van der Waals surface area (Å²) in [7, 11) is 0. The monoisotopic (exact) mass is 345 g/mol. The first kappa shape index (κ1) is 22.2. The normalized spacial score (nSPS) is 9.84. The predicted octanol–water partition coefficient (Wildman–Crippen LogP) is 1.51. The Balaban J connectivity index is 5.24. The molecule has 0 aliphatic heterocycles. The van der Waals surface area contributed by atoms with E-state index in [9.17, 15) is 9.59 Å². The van der Waals surface area contributed by atoms with Crippen LogP contribution in [-0.2, 0) is 9.59 Å². The van der Waals surface area contributed by atoms with E-state index in [0.29, 0.717) is 26.2 Å². The SMILES string of the molecule is CCN(CC)C(=O)CN(/C=C/C=C(C#N)C#N)CC(=O)N(CC)CC. The molecular weight excluding hydrogens is 318 g/mol. The smallest absolute Gasteiger partial charge is 0.242 e. The average Bonchev–Trinajstić information content (AvgIpc) is 2.60. The number of rotatable bonds is 10. The van der Waals surface area contributed by atoms with E-state index in [4.69, 9.17) is 10.5 Å². The summed E-state index contributed by atoms with van der Waals surface area (Å²) < 4.78 is 0. The summed E-state index contributed by atoms with van der Waals surface area (Å²) in [5.74, 6) is -0.154. The molecule has 0 N–H and O–H groups in total. The standard InChI is InChI=1S/C18H27N5O2/c1-5-22(6-2)17(24)14-21(11-9-10-16(12-19)13-20)15-18(25)23(7-3)8-4/h9-11H,5-8,14-15H2,1-4H3/b11-9+. The molecule has 0 bridgehead atoms. The number of nitriles is 2. The molecule has 0 saturated heterocycles. The van der Waals surface area contributed by atoms with Crippen molar-refractivity contribution in [2.24, 2.45) is 0 Å². The van der Waals surface area contributed by atoms with Crippen molar-refractivity contribution in [3.05, 3.63) is 23.9 Å². The van der Waals surface area contributed by atoms with Crippen molar-refractivity contribution in [2.45, 2.75) is 27.7 Å². The molecule has 0 rings (SSSR count). The number of carbonyl (C=O) groups is 2. The van der Waals surface area contributed by atoms with E-state index in [1.54, 1.807) is 33.0 Å². The molecule has 7 heteroatoms. The Hall–Kier alpha value is -2.80. The average molecular weight is 345 g/mol. The lowest BCUT2D eigenvalue weighted by Gasteiger charge is -2.27. The Morgan fingerprint density at radius 2 is 1.24 bits per heavy atom. The van der Waals surface area contributed by atoms with Gasteiger partial charge in [0.15, 0.2) is 0 Å². The number of carbonyl (C=O) groups excluding carboxylic acids is 2. The molecule has 25 heavy (non-hydrogen) atoms. The highest BCUT2D eigenvalue weighted by Gasteiger charge is 2.17. The van der Waals surface area contributed by atoms with Crippen LogP contribution in [-0.4, -0.2) is 65.8 Å². The van der Waals surface area contributed by atoms with Gasteiger partial charge in [-0.15, -0.1) is 0 Å². The highest BCUT2D eigenvalue weighted by molar-refractivity contribution is 5.81. The van der Waals surface area contributed by atoms with Crippen LogP contribution in [0.2, 0.25) is 0 Å². The van der Waals surface area contributed by atoms with Crippen molar-refractivity contribution in [1.82, 2.24) is 14.7 Å². The number of hydrogen-bond donors (Lipinski definition) is 0. The van der Waals surface area contributed by atoms with Gasteiger partial charge in [-0.2, -0.15) is 10.5 Å². The summed E-state index contributed by atoms with van der Waals surface area (Å²) in [6, 6.07) is 3.52. The van der Waals surface area contributed by atoms with Crippen LogP contribution >= 0.6 is 0 Å². The summed E-state index contributed by atoms with van der Waals surface area (Å²) in [5.41, 5.74) is -0.0404. The lowest BCUT2D eigenvalue weighted by atomic mass is 10.3. The fourth-order valence-electron chi connectivity index (χ4n) is 2.22. The molecule has 0 radical (unpaired) electrons. The number of hydrogen-bond acceptors (Lipinski definition) is 5. The van der Waals surface area contributed by atoms with E-state index in [1.165, 1.54) is 12.2 Å². The van der Waals surface area contributed by atoms with Gasteiger partial charge in [-0.05, 0) is 39.8 Å². The second-order valence-electron chi connectivity index (χ2n) is 5.18. The molecule has 0 aliphatic carbocycles. The minimum Gasteiger partial charge on any atom is -0.359 e. The Kier molecular flexibility index (Phi) is 11.2. The lowest BCUT2D eigenvalue weighted by Crippen LogP contribution is -2.43. The van der Waals surface area contributed by atoms with E-state index < -0.39 is 0 Å². The van der Waals surface area contributed by atoms with Crippen molar-refractivity contribution in [2.75, 3.05) is 39.3 Å². The summed E-state index contributed by atoms with van der Waals surface area (Å²) in [4.78, 5) is 29.6. The summed E-state index contributed by atoms with van der Waals surface area (Å²) >= 11 is 0. The van der Waals surface area contributed by atoms with Gasteiger partial charge in [0.2, 0.25) is 11.8 Å². The van der Waals surface area contributed by atoms with E-state index in [1.807, 2.05) is 27.7 Å². The van der Waals surface area contributed by atoms with E-state index in [2.05, 4.69) is 0 Å². The van der Waals surface area contributed by atoms with Crippen LogP contribution in [0.25, 0.3) is 0 Å². The largest absolute Gasteiger partial charge is 0.359 e. The zero-order chi connectivity index (χ0) is 19.2. The zero-order valence-corrected chi connectivity index (χ0v) is 15.5. The predicted molar refractivity (Wildman–Crippen MR) is 95.9 cm³/mol. The highest BCUT2D eigenvalue weighted by Crippen LogP contribution is 2.00. The lowest BCUT2D eigenvalue weighted by molar-refractivity contribution is -0.134. The molecule has 0 aromatic carbocycles. The molecule has 0 saturated carbocycles. The number of nitrogens with zero attached hydrogens (tertiary/aromatic N) is 5. The molecule has 0 fully saturated rings. The summed E-state index contributed by atoms with van der Waals surface area (Å²) in [6.07, 6.45) is 4.43. The molecule has 0 aromatic heterocycles. The Labute approximate surface area is 150 Å². The van der Waals surface area contributed by atoms with Crippen LogP contribution < -0.4 is 0 Å². The van der Waals surface area contributed by atoms with Crippen molar-refractivity contribution >= 4 is 11.8 Å². The van der Waals surface area contributed by atoms with Crippen LogP contribution in [0.4, 0.5) is 0 Å². The molecule has 0 atom stereocenters. The molecule has 2 amide bonds. The van der Waals surface area contributed by atoms with Gasteiger partial charge in [0, 0.05) is 32.4 Å². The second kappa shape index (κ2) is 12.6. The van der Waals surface area contributed by atoms with Gasteiger partial charge in [0.25, 0.3) is 0 Å². The minimum absolute atomic E-state index is 0.0404. The van der Waals surface area contributed by atoms with Gasteiger partial charge >= 0.3 is 0 Å². The van der Waals surface area contributed by atoms with E-state index in [0.717, 1.165) is 0 Å². The van der Waals surface area contributed by atoms with Crippen molar-refractivity contribution in [3.63, 3.8) is 0 Å². The minimum atomic E-state index is -0.0771. The van der Waals surface area contributed by atoms with Gasteiger partial charge in [0.05, 0.1) is 13.1 Å². The first-order valence-corrected chi connectivity index (χ1v) is 8.45. The van der Waals surface area contributed by atoms with Crippen LogP contribution in [0.5, 0.6) is 0 Å². The quantitative estimate of drug-likeness (QED) is 0.442. The molecule has 0 aromatic rings. The topological polar surface area (TPSA) is 91.4 Å². The van der Waals surface area contributed by atoms with Crippen LogP contribution in [0.3, 0.4) is 0 Å². The van der Waals surface area contributed by atoms with Crippen molar-refractivity contribution < 1.29 is 9.59 Å². The Morgan fingerprint density at radius 1 is 0.840 bits per heavy atom. The summed E-state index contributed by atoms with van der Waals surface area (Å²) in [5, 5.41) is 17.5. The third-order valence-corrected chi connectivity index (χ3v) is 3.71. The van der Waals surface area contributed by atoms with E-state index in [-0.39, 0.29) is 30.5 Å². The number of allylic oxidation sites excluding steroid dienone is 3. The van der Waals surface area contributed by atoms with Crippen molar-refractivity contribution in [3.8, 4) is 12.1 Å². The Bertz CT molecular complexity index is 533. The molecule has 0 spiro atoms. The third-order valence-electron chi connectivity index (χ3n) is 3.71. The Morgan fingerprint density at radius 3 is 1.56 bits per heavy atom. The summed E-state index contributed by atoms with van der Waals surface area (Å²) in [6.45, 7) is 10.1. The molecule has 0 heterocycles. The first-order chi connectivity index (χ1) is 12.0. The van der Waals surface area contributed by atoms with E-state index >= 15 is 0 Å². The van der Waals surface area contributed by atoms with Gasteiger partial charge in [-0.1, -0.05) is 0 Å². The van der Waals surface area contributed by atoms with Gasteiger partial charge in [-0.3, -0.25) is 9.59 Å². The number of likely N-dealkylation sites (N-methyl/N-ethyl adjacent to an activating group) is 2. The fraction of sp³-hybridized carbons (Fsp3) is 0.556. The third kappa shape index (κ3) is 8.03. The second-order valence-corrected chi connectivity index (χ2v) is 5.18. The van der Waals surface area contributed by atoms with Crippen LogP contribution in [0, 0.1) is 22.7 Å². The fourth-order valence-corrected chi connectivity index (χ4v) is 2.22. The molecule has 7 nitrogen and oxygen atoms in total. The first-order valence-electron chi connectivity index (χ1n) is 8.45. The molecule has 0 aliphatic rings. The van der Waals surface area contributed by atoms with Crippen LogP contribution in [0.15, 0.2) is 23.9 Å². The van der Waals surface area contributed by atoms with Crippen LogP contribution in [0.1, 0.15) is 27.7 Å². The maximum absolute atomic E-state index is 12.3. The maximum Gasteiger partial charge on any atom is 0.242 e. The van der Waals surface area contributed by atoms with Crippen molar-refractivity contribution in [1.29, 1.82) is 10.5 Å². The molecule has 0 unspecified atom stereocenters.